The summed E-state index contributed by atoms with van der Waals surface area (Å²) in [5.41, 5.74) is 3.25. The van der Waals surface area contributed by atoms with E-state index in [1.54, 1.807) is 24.3 Å². The van der Waals surface area contributed by atoms with E-state index < -0.39 is 5.97 Å². The van der Waals surface area contributed by atoms with Crippen molar-refractivity contribution in [2.45, 2.75) is 19.5 Å². The molecule has 4 aromatic rings. The molecule has 4 rings (SSSR count). The van der Waals surface area contributed by atoms with Crippen molar-refractivity contribution >= 4 is 46.0 Å². The second kappa shape index (κ2) is 9.07. The highest BCUT2D eigenvalue weighted by molar-refractivity contribution is 6.36. The highest BCUT2D eigenvalue weighted by atomic mass is 35.5. The van der Waals surface area contributed by atoms with E-state index in [0.29, 0.717) is 22.2 Å². The molecule has 0 fully saturated rings. The topological polar surface area (TPSA) is 71.3 Å². The summed E-state index contributed by atoms with van der Waals surface area (Å²) in [6.45, 7) is 2.37. The summed E-state index contributed by atoms with van der Waals surface area (Å²) < 4.78 is 1.95. The number of carboxylic acid groups (broad SMARTS) is 1. The van der Waals surface area contributed by atoms with E-state index in [-0.39, 0.29) is 17.5 Å². The van der Waals surface area contributed by atoms with Crippen LogP contribution < -0.4 is 5.32 Å². The maximum atomic E-state index is 13.2. The van der Waals surface area contributed by atoms with Gasteiger partial charge in [-0.2, -0.15) is 0 Å². The third-order valence-corrected chi connectivity index (χ3v) is 5.88. The molecule has 0 radical (unpaired) electrons. The fourth-order valence-corrected chi connectivity index (χ4v) is 4.21. The Morgan fingerprint density at radius 3 is 2.44 bits per heavy atom. The van der Waals surface area contributed by atoms with Crippen molar-refractivity contribution in [3.8, 4) is 0 Å². The van der Waals surface area contributed by atoms with Gasteiger partial charge in [-0.3, -0.25) is 4.79 Å². The first-order chi connectivity index (χ1) is 15.3. The first-order valence-corrected chi connectivity index (χ1v) is 10.7. The lowest BCUT2D eigenvalue weighted by Crippen LogP contribution is -2.27. The Morgan fingerprint density at radius 2 is 1.75 bits per heavy atom. The maximum Gasteiger partial charge on any atom is 0.335 e. The number of carbonyl (C=O) groups is 2. The van der Waals surface area contributed by atoms with E-state index >= 15 is 0 Å². The van der Waals surface area contributed by atoms with Gasteiger partial charge in [-0.05, 0) is 48.4 Å². The van der Waals surface area contributed by atoms with Crippen LogP contribution in [0.2, 0.25) is 10.0 Å². The van der Waals surface area contributed by atoms with Gasteiger partial charge in [-0.1, -0.05) is 59.6 Å². The van der Waals surface area contributed by atoms with Crippen molar-refractivity contribution in [3.05, 3.63) is 105 Å². The molecular weight excluding hydrogens is 447 g/mol. The minimum Gasteiger partial charge on any atom is -0.478 e. The number of benzene rings is 3. The predicted octanol–water partition coefficient (Wildman–Crippen LogP) is 6.19. The molecule has 0 saturated carbocycles. The highest BCUT2D eigenvalue weighted by Crippen LogP contribution is 2.30. The van der Waals surface area contributed by atoms with Gasteiger partial charge in [-0.15, -0.1) is 0 Å². The van der Waals surface area contributed by atoms with Crippen LogP contribution in [-0.4, -0.2) is 21.6 Å². The number of hydrogen-bond acceptors (Lipinski definition) is 2. The second-order valence-corrected chi connectivity index (χ2v) is 8.40. The number of aromatic nitrogens is 1. The number of para-hydroxylation sites is 1. The molecule has 0 aliphatic heterocycles. The van der Waals surface area contributed by atoms with Crippen LogP contribution in [0, 0.1) is 0 Å². The Hall–Kier alpha value is -3.28. The first-order valence-electron chi connectivity index (χ1n) is 9.99. The fraction of sp³-hybridized carbons (Fsp3) is 0.120. The number of carboxylic acids is 1. The number of halogens is 2. The van der Waals surface area contributed by atoms with E-state index in [4.69, 9.17) is 28.3 Å². The van der Waals surface area contributed by atoms with Gasteiger partial charge in [-0.25, -0.2) is 4.79 Å². The van der Waals surface area contributed by atoms with Crippen LogP contribution in [0.5, 0.6) is 0 Å². The van der Waals surface area contributed by atoms with Crippen molar-refractivity contribution in [2.75, 3.05) is 0 Å². The fourth-order valence-electron chi connectivity index (χ4n) is 3.73. The minimum absolute atomic E-state index is 0.200. The van der Waals surface area contributed by atoms with E-state index in [2.05, 4.69) is 5.32 Å². The van der Waals surface area contributed by atoms with Crippen molar-refractivity contribution in [2.24, 2.45) is 0 Å². The molecule has 7 heteroatoms. The molecule has 1 unspecified atom stereocenters. The lowest BCUT2D eigenvalue weighted by atomic mass is 10.0. The molecule has 1 amide bonds. The molecular formula is C25H20Cl2N2O3. The zero-order valence-corrected chi connectivity index (χ0v) is 18.7. The molecule has 1 heterocycles. The van der Waals surface area contributed by atoms with Crippen LogP contribution in [0.1, 0.15) is 44.8 Å². The maximum absolute atomic E-state index is 13.2. The van der Waals surface area contributed by atoms with E-state index in [1.807, 2.05) is 48.0 Å². The van der Waals surface area contributed by atoms with Gasteiger partial charge in [0.2, 0.25) is 0 Å². The third-order valence-electron chi connectivity index (χ3n) is 5.34. The molecule has 1 atom stereocenters. The Balaban J connectivity index is 1.64. The molecule has 5 nitrogen and oxygen atoms in total. The summed E-state index contributed by atoms with van der Waals surface area (Å²) in [4.78, 5) is 24.3. The van der Waals surface area contributed by atoms with E-state index in [9.17, 15) is 9.59 Å². The predicted molar refractivity (Wildman–Crippen MR) is 127 cm³/mol. The number of carbonyl (C=O) groups excluding carboxylic acids is 1. The first kappa shape index (κ1) is 21.9. The monoisotopic (exact) mass is 466 g/mol. The number of fused-ring (bicyclic) bond motifs is 1. The van der Waals surface area contributed by atoms with Gasteiger partial charge < -0.3 is 15.0 Å². The van der Waals surface area contributed by atoms with Crippen LogP contribution in [0.3, 0.4) is 0 Å². The standard InChI is InChI=1S/C25H20Cl2N2O3/c1-15(17-8-10-18(11-9-17)25(31)32)28-24(30)21-7-3-6-20-22(27)14-29(23(20)21)13-16-4-2-5-19(26)12-16/h2-12,14-15H,13H2,1H3,(H,28,30)(H,31,32). The number of amides is 1. The van der Waals surface area contributed by atoms with Crippen LogP contribution in [0.4, 0.5) is 0 Å². The van der Waals surface area contributed by atoms with Gasteiger partial charge in [0.1, 0.15) is 0 Å². The van der Waals surface area contributed by atoms with Crippen LogP contribution in [0.15, 0.2) is 72.9 Å². The Labute approximate surface area is 195 Å². The SMILES string of the molecule is CC(NC(=O)c1cccc2c(Cl)cn(Cc3cccc(Cl)c3)c12)c1ccc(C(=O)O)cc1. The van der Waals surface area contributed by atoms with Gasteiger partial charge >= 0.3 is 5.97 Å². The smallest absolute Gasteiger partial charge is 0.335 e. The number of nitrogens with zero attached hydrogens (tertiary/aromatic N) is 1. The molecule has 2 N–H and O–H groups in total. The molecule has 0 spiro atoms. The van der Waals surface area contributed by atoms with Gasteiger partial charge in [0.05, 0.1) is 27.7 Å². The number of nitrogens with one attached hydrogen (secondary N) is 1. The van der Waals surface area contributed by atoms with Crippen molar-refractivity contribution < 1.29 is 14.7 Å². The van der Waals surface area contributed by atoms with Crippen LogP contribution in [0.25, 0.3) is 10.9 Å². The average molecular weight is 467 g/mol. The summed E-state index contributed by atoms with van der Waals surface area (Å²) in [5.74, 6) is -1.23. The molecule has 3 aromatic carbocycles. The molecule has 0 bridgehead atoms. The van der Waals surface area contributed by atoms with Crippen molar-refractivity contribution in [1.29, 1.82) is 0 Å². The summed E-state index contributed by atoms with van der Waals surface area (Å²) in [6.07, 6.45) is 1.82. The Kier molecular flexibility index (Phi) is 6.21. The summed E-state index contributed by atoms with van der Waals surface area (Å²) in [7, 11) is 0. The molecule has 1 aromatic heterocycles. The Morgan fingerprint density at radius 1 is 1.03 bits per heavy atom. The zero-order chi connectivity index (χ0) is 22.8. The minimum atomic E-state index is -0.989. The molecule has 0 saturated heterocycles. The van der Waals surface area contributed by atoms with Gasteiger partial charge in [0, 0.05) is 23.2 Å². The van der Waals surface area contributed by atoms with Crippen LogP contribution >= 0.6 is 23.2 Å². The third kappa shape index (κ3) is 4.49. The molecule has 0 aliphatic rings. The number of rotatable bonds is 6. The second-order valence-electron chi connectivity index (χ2n) is 7.56. The van der Waals surface area contributed by atoms with E-state index in [1.165, 1.54) is 12.1 Å². The highest BCUT2D eigenvalue weighted by Gasteiger charge is 2.19. The largest absolute Gasteiger partial charge is 0.478 e. The normalized spacial score (nSPS) is 12.0. The average Bonchev–Trinajstić information content (AvgIpc) is 3.09. The molecule has 162 valence electrons. The van der Waals surface area contributed by atoms with Crippen molar-refractivity contribution in [1.82, 2.24) is 9.88 Å². The van der Waals surface area contributed by atoms with Gasteiger partial charge in [0.15, 0.2) is 0 Å². The molecule has 32 heavy (non-hydrogen) atoms. The zero-order valence-electron chi connectivity index (χ0n) is 17.2. The number of hydrogen-bond donors (Lipinski definition) is 2. The molecule has 0 aliphatic carbocycles. The van der Waals surface area contributed by atoms with E-state index in [0.717, 1.165) is 22.0 Å². The van der Waals surface area contributed by atoms with Crippen LogP contribution in [-0.2, 0) is 6.54 Å². The lowest BCUT2D eigenvalue weighted by molar-refractivity contribution is 0.0696. The summed E-state index contributed by atoms with van der Waals surface area (Å²) >= 11 is 12.6. The van der Waals surface area contributed by atoms with Crippen molar-refractivity contribution in [3.63, 3.8) is 0 Å². The van der Waals surface area contributed by atoms with Gasteiger partial charge in [0.25, 0.3) is 5.91 Å². The lowest BCUT2D eigenvalue weighted by Gasteiger charge is -2.16. The number of aromatic carboxylic acids is 1. The quantitative estimate of drug-likeness (QED) is 0.356. The Bertz CT molecular complexity index is 1310. The summed E-state index contributed by atoms with van der Waals surface area (Å²) in [5, 5.41) is 14.1. The summed E-state index contributed by atoms with van der Waals surface area (Å²) in [6, 6.07) is 19.1.